The van der Waals surface area contributed by atoms with Crippen molar-refractivity contribution in [3.63, 3.8) is 0 Å². The average Bonchev–Trinajstić information content (AvgIpc) is 2.78. The second-order valence-corrected chi connectivity index (χ2v) is 8.03. The number of aryl methyl sites for hydroxylation is 2. The molecule has 5 aromatic carbocycles. The van der Waals surface area contributed by atoms with Crippen molar-refractivity contribution in [1.29, 1.82) is 0 Å². The van der Waals surface area contributed by atoms with Gasteiger partial charge in [-0.1, -0.05) is 120 Å². The van der Waals surface area contributed by atoms with E-state index in [4.69, 9.17) is 0 Å². The smallest absolute Gasteiger partial charge is 0.00992 e. The monoisotopic (exact) mass is 384 g/mol. The maximum atomic E-state index is 2.26. The lowest BCUT2D eigenvalue weighted by Gasteiger charge is -2.12. The molecule has 5 rings (SSSR count). The third-order valence-corrected chi connectivity index (χ3v) is 5.76. The van der Waals surface area contributed by atoms with Crippen LogP contribution in [0.15, 0.2) is 109 Å². The third-order valence-electron chi connectivity index (χ3n) is 5.76. The normalized spacial score (nSPS) is 11.0. The topological polar surface area (TPSA) is 0 Å². The van der Waals surface area contributed by atoms with Crippen LogP contribution >= 0.6 is 0 Å². The highest BCUT2D eigenvalue weighted by molar-refractivity contribution is 6.04. The van der Waals surface area contributed by atoms with Gasteiger partial charge >= 0.3 is 0 Å². The molecule has 0 aromatic heterocycles. The first-order valence-electron chi connectivity index (χ1n) is 10.5. The molecule has 0 nitrogen and oxygen atoms in total. The van der Waals surface area contributed by atoms with Gasteiger partial charge in [0.2, 0.25) is 0 Å². The maximum Gasteiger partial charge on any atom is -0.00992 e. The summed E-state index contributed by atoms with van der Waals surface area (Å²) < 4.78 is 0. The van der Waals surface area contributed by atoms with Crippen LogP contribution in [0.4, 0.5) is 0 Å². The second kappa shape index (κ2) is 7.65. The van der Waals surface area contributed by atoms with Crippen molar-refractivity contribution >= 4 is 10.8 Å². The zero-order valence-electron chi connectivity index (χ0n) is 17.4. The summed E-state index contributed by atoms with van der Waals surface area (Å²) in [6.07, 6.45) is 0. The molecule has 5 aromatic rings. The van der Waals surface area contributed by atoms with Crippen molar-refractivity contribution in [1.82, 2.24) is 0 Å². The highest BCUT2D eigenvalue weighted by atomic mass is 14.1. The molecule has 0 aliphatic carbocycles. The third kappa shape index (κ3) is 3.42. The fourth-order valence-corrected chi connectivity index (χ4v) is 4.41. The Labute approximate surface area is 178 Å². The summed E-state index contributed by atoms with van der Waals surface area (Å²) in [6, 6.07) is 39.6. The van der Waals surface area contributed by atoms with Crippen molar-refractivity contribution < 1.29 is 0 Å². The number of rotatable bonds is 3. The van der Waals surface area contributed by atoms with Crippen molar-refractivity contribution in [3.8, 4) is 33.4 Å². The molecular formula is C30H24. The Kier molecular flexibility index (Phi) is 4.69. The van der Waals surface area contributed by atoms with Gasteiger partial charge in [-0.2, -0.15) is 0 Å². The molecule has 0 aliphatic heterocycles. The minimum absolute atomic E-state index is 1.25. The molecule has 0 atom stereocenters. The van der Waals surface area contributed by atoms with E-state index < -0.39 is 0 Å². The van der Waals surface area contributed by atoms with Gasteiger partial charge in [0.15, 0.2) is 0 Å². The molecule has 0 saturated heterocycles. The fraction of sp³-hybridized carbons (Fsp3) is 0.0667. The van der Waals surface area contributed by atoms with Gasteiger partial charge in [0.05, 0.1) is 0 Å². The van der Waals surface area contributed by atoms with Crippen LogP contribution in [0, 0.1) is 13.8 Å². The summed E-state index contributed by atoms with van der Waals surface area (Å²) in [5.74, 6) is 0. The molecular weight excluding hydrogens is 360 g/mol. The number of hydrogen-bond donors (Lipinski definition) is 0. The summed E-state index contributed by atoms with van der Waals surface area (Å²) in [5.41, 5.74) is 10.2. The van der Waals surface area contributed by atoms with Crippen molar-refractivity contribution in [3.05, 3.63) is 120 Å². The predicted octanol–water partition coefficient (Wildman–Crippen LogP) is 8.46. The van der Waals surface area contributed by atoms with Crippen molar-refractivity contribution in [2.75, 3.05) is 0 Å². The highest BCUT2D eigenvalue weighted by Gasteiger charge is 2.09. The maximum absolute atomic E-state index is 2.26. The molecule has 0 heterocycles. The van der Waals surface area contributed by atoms with Gasteiger partial charge in [-0.15, -0.1) is 0 Å². The van der Waals surface area contributed by atoms with E-state index in [9.17, 15) is 0 Å². The molecule has 0 aliphatic rings. The van der Waals surface area contributed by atoms with E-state index in [1.807, 2.05) is 0 Å². The van der Waals surface area contributed by atoms with Gasteiger partial charge < -0.3 is 0 Å². The molecule has 144 valence electrons. The Morgan fingerprint density at radius 1 is 0.367 bits per heavy atom. The van der Waals surface area contributed by atoms with E-state index in [1.165, 1.54) is 55.3 Å². The molecule has 0 saturated carbocycles. The van der Waals surface area contributed by atoms with Gasteiger partial charge in [0, 0.05) is 0 Å². The lowest BCUT2D eigenvalue weighted by Crippen LogP contribution is -1.86. The first-order chi connectivity index (χ1) is 14.7. The highest BCUT2D eigenvalue weighted by Crippen LogP contribution is 2.35. The van der Waals surface area contributed by atoms with Crippen molar-refractivity contribution in [2.24, 2.45) is 0 Å². The summed E-state index contributed by atoms with van der Waals surface area (Å²) >= 11 is 0. The minimum Gasteiger partial charge on any atom is -0.0622 e. The van der Waals surface area contributed by atoms with Crippen LogP contribution in [0.3, 0.4) is 0 Å². The van der Waals surface area contributed by atoms with Gasteiger partial charge in [-0.05, 0) is 58.0 Å². The Morgan fingerprint density at radius 3 is 1.43 bits per heavy atom. The zero-order valence-corrected chi connectivity index (χ0v) is 17.4. The Bertz CT molecular complexity index is 1310. The number of fused-ring (bicyclic) bond motifs is 1. The molecule has 0 spiro atoms. The standard InChI is InChI=1S/C30H24/c1-21-18-22(2)20-26(19-21)23-14-16-25(17-15-23)28-11-7-12-29-27(10-6-13-30(28)29)24-8-4-3-5-9-24/h3-20H,1-2H3. The summed E-state index contributed by atoms with van der Waals surface area (Å²) in [6.45, 7) is 4.32. The van der Waals surface area contributed by atoms with E-state index in [0.29, 0.717) is 0 Å². The van der Waals surface area contributed by atoms with Crippen LogP contribution < -0.4 is 0 Å². The minimum atomic E-state index is 1.25. The van der Waals surface area contributed by atoms with Crippen LogP contribution in [0.5, 0.6) is 0 Å². The quantitative estimate of drug-likeness (QED) is 0.293. The SMILES string of the molecule is Cc1cc(C)cc(-c2ccc(-c3cccc4c(-c5ccccc5)cccc34)cc2)c1. The van der Waals surface area contributed by atoms with Crippen LogP contribution in [0.2, 0.25) is 0 Å². The van der Waals surface area contributed by atoms with Crippen LogP contribution in [0.1, 0.15) is 11.1 Å². The fourth-order valence-electron chi connectivity index (χ4n) is 4.41. The van der Waals surface area contributed by atoms with E-state index in [1.54, 1.807) is 0 Å². The summed E-state index contributed by atoms with van der Waals surface area (Å²) in [7, 11) is 0. The van der Waals surface area contributed by atoms with Crippen molar-refractivity contribution in [2.45, 2.75) is 13.8 Å². The Balaban J connectivity index is 1.60. The number of hydrogen-bond acceptors (Lipinski definition) is 0. The first kappa shape index (κ1) is 18.4. The predicted molar refractivity (Wildman–Crippen MR) is 130 cm³/mol. The summed E-state index contributed by atoms with van der Waals surface area (Å²) in [4.78, 5) is 0. The molecule has 0 N–H and O–H groups in total. The van der Waals surface area contributed by atoms with Gasteiger partial charge in [-0.3, -0.25) is 0 Å². The first-order valence-corrected chi connectivity index (χ1v) is 10.5. The van der Waals surface area contributed by atoms with Crippen LogP contribution in [-0.4, -0.2) is 0 Å². The zero-order chi connectivity index (χ0) is 20.5. The van der Waals surface area contributed by atoms with E-state index in [2.05, 4.69) is 123 Å². The van der Waals surface area contributed by atoms with Crippen LogP contribution in [-0.2, 0) is 0 Å². The average molecular weight is 385 g/mol. The van der Waals surface area contributed by atoms with E-state index in [0.717, 1.165) is 0 Å². The van der Waals surface area contributed by atoms with Gasteiger partial charge in [0.25, 0.3) is 0 Å². The lowest BCUT2D eigenvalue weighted by atomic mass is 9.92. The van der Waals surface area contributed by atoms with E-state index >= 15 is 0 Å². The molecule has 0 heteroatoms. The van der Waals surface area contributed by atoms with Gasteiger partial charge in [0.1, 0.15) is 0 Å². The lowest BCUT2D eigenvalue weighted by molar-refractivity contribution is 1.38. The second-order valence-electron chi connectivity index (χ2n) is 8.03. The van der Waals surface area contributed by atoms with E-state index in [-0.39, 0.29) is 0 Å². The molecule has 0 amide bonds. The van der Waals surface area contributed by atoms with Gasteiger partial charge in [-0.25, -0.2) is 0 Å². The molecule has 30 heavy (non-hydrogen) atoms. The largest absolute Gasteiger partial charge is 0.0622 e. The Morgan fingerprint density at radius 2 is 0.867 bits per heavy atom. The Hall–Kier alpha value is -3.64. The number of benzene rings is 5. The molecule has 0 fully saturated rings. The molecule has 0 radical (unpaired) electrons. The summed E-state index contributed by atoms with van der Waals surface area (Å²) in [5, 5.41) is 2.58. The molecule has 0 bridgehead atoms. The van der Waals surface area contributed by atoms with Crippen LogP contribution in [0.25, 0.3) is 44.2 Å². The molecule has 0 unspecified atom stereocenters.